The smallest absolute Gasteiger partial charge is 0.308 e. The Labute approximate surface area is 58.6 Å². The van der Waals surface area contributed by atoms with Crippen molar-refractivity contribution in [3.05, 3.63) is 12.2 Å². The molecule has 2 heterocycles. The Morgan fingerprint density at radius 2 is 2.20 bits per heavy atom. The molecule has 54 valence electrons. The molecule has 2 rings (SSSR count). The maximum absolute atomic E-state index is 10.7. The van der Waals surface area contributed by atoms with E-state index in [1.807, 2.05) is 12.2 Å². The molecule has 0 aromatic rings. The largest absolute Gasteiger partial charge is 0.462 e. The molecule has 0 saturated carbocycles. The molecule has 0 N–H and O–H groups in total. The van der Waals surface area contributed by atoms with E-state index in [4.69, 9.17) is 9.47 Å². The van der Waals surface area contributed by atoms with E-state index in [-0.39, 0.29) is 18.2 Å². The molecule has 2 aliphatic rings. The van der Waals surface area contributed by atoms with Crippen molar-refractivity contribution >= 4 is 5.97 Å². The number of cyclic esters (lactones) is 1. The molecule has 2 unspecified atom stereocenters. The molecule has 3 heteroatoms. The number of carbonyl (C=O) groups excluding carboxylic acids is 1. The third-order valence-corrected chi connectivity index (χ3v) is 1.67. The lowest BCUT2D eigenvalue weighted by Gasteiger charge is -2.04. The van der Waals surface area contributed by atoms with Crippen LogP contribution in [-0.2, 0) is 14.3 Å². The second-order valence-corrected chi connectivity index (χ2v) is 2.49. The highest BCUT2D eigenvalue weighted by molar-refractivity contribution is 5.70. The van der Waals surface area contributed by atoms with E-state index < -0.39 is 0 Å². The summed E-state index contributed by atoms with van der Waals surface area (Å²) in [4.78, 5) is 10.7. The Morgan fingerprint density at radius 3 is 3.10 bits per heavy atom. The SMILES string of the molecule is O=C1CC2C=CC(CO1)O2. The van der Waals surface area contributed by atoms with Crippen LogP contribution in [0.25, 0.3) is 0 Å². The van der Waals surface area contributed by atoms with Crippen molar-refractivity contribution in [1.29, 1.82) is 0 Å². The molecule has 0 spiro atoms. The van der Waals surface area contributed by atoms with Gasteiger partial charge in [0, 0.05) is 0 Å². The van der Waals surface area contributed by atoms with Crippen LogP contribution in [0, 0.1) is 0 Å². The van der Waals surface area contributed by atoms with Crippen LogP contribution in [0.2, 0.25) is 0 Å². The predicted molar refractivity (Wildman–Crippen MR) is 33.4 cm³/mol. The summed E-state index contributed by atoms with van der Waals surface area (Å²) < 4.78 is 10.2. The number of ether oxygens (including phenoxy) is 2. The molecule has 0 radical (unpaired) electrons. The van der Waals surface area contributed by atoms with Gasteiger partial charge in [0.15, 0.2) is 0 Å². The number of hydrogen-bond donors (Lipinski definition) is 0. The number of hydrogen-bond acceptors (Lipinski definition) is 3. The first-order chi connectivity index (χ1) is 4.84. The van der Waals surface area contributed by atoms with Gasteiger partial charge in [0.2, 0.25) is 0 Å². The van der Waals surface area contributed by atoms with Crippen LogP contribution >= 0.6 is 0 Å². The zero-order valence-corrected chi connectivity index (χ0v) is 5.45. The Kier molecular flexibility index (Phi) is 1.24. The van der Waals surface area contributed by atoms with E-state index in [1.54, 1.807) is 0 Å². The first kappa shape index (κ1) is 5.92. The van der Waals surface area contributed by atoms with Crippen molar-refractivity contribution in [2.75, 3.05) is 6.61 Å². The van der Waals surface area contributed by atoms with Crippen LogP contribution in [0.3, 0.4) is 0 Å². The lowest BCUT2D eigenvalue weighted by atomic mass is 10.2. The molecule has 2 aliphatic heterocycles. The zero-order chi connectivity index (χ0) is 6.97. The minimum absolute atomic E-state index is 0.0106. The van der Waals surface area contributed by atoms with Crippen LogP contribution in [0.1, 0.15) is 6.42 Å². The van der Waals surface area contributed by atoms with Crippen molar-refractivity contribution in [3.63, 3.8) is 0 Å². The van der Waals surface area contributed by atoms with E-state index >= 15 is 0 Å². The van der Waals surface area contributed by atoms with Gasteiger partial charge in [-0.1, -0.05) is 12.2 Å². The fourth-order valence-electron chi connectivity index (χ4n) is 1.17. The fourth-order valence-corrected chi connectivity index (χ4v) is 1.17. The average molecular weight is 140 g/mol. The maximum Gasteiger partial charge on any atom is 0.308 e. The van der Waals surface area contributed by atoms with Gasteiger partial charge in [-0.3, -0.25) is 4.79 Å². The standard InChI is InChI=1S/C7H8O3/c8-7-3-5-1-2-6(10-5)4-9-7/h1-2,5-6H,3-4H2. The van der Waals surface area contributed by atoms with E-state index in [0.29, 0.717) is 13.0 Å². The highest BCUT2D eigenvalue weighted by Crippen LogP contribution is 2.18. The number of esters is 1. The monoisotopic (exact) mass is 140 g/mol. The second kappa shape index (κ2) is 2.09. The molecule has 2 bridgehead atoms. The first-order valence-electron chi connectivity index (χ1n) is 3.34. The van der Waals surface area contributed by atoms with Crippen LogP contribution in [0.5, 0.6) is 0 Å². The topological polar surface area (TPSA) is 35.5 Å². The van der Waals surface area contributed by atoms with E-state index in [1.165, 1.54) is 0 Å². The van der Waals surface area contributed by atoms with Gasteiger partial charge in [0.1, 0.15) is 12.7 Å². The highest BCUT2D eigenvalue weighted by atomic mass is 16.6. The normalized spacial score (nSPS) is 37.4. The molecule has 0 amide bonds. The third kappa shape index (κ3) is 0.926. The Bertz CT molecular complexity index is 185. The third-order valence-electron chi connectivity index (χ3n) is 1.67. The number of fused-ring (bicyclic) bond motifs is 2. The summed E-state index contributed by atoms with van der Waals surface area (Å²) in [5.41, 5.74) is 0. The van der Waals surface area contributed by atoms with Crippen LogP contribution in [0.4, 0.5) is 0 Å². The molecular formula is C7H8O3. The quantitative estimate of drug-likeness (QED) is 0.357. The predicted octanol–water partition coefficient (Wildman–Crippen LogP) is 0.257. The van der Waals surface area contributed by atoms with Crippen molar-refractivity contribution in [2.24, 2.45) is 0 Å². The van der Waals surface area contributed by atoms with Crippen LogP contribution in [0.15, 0.2) is 12.2 Å². The van der Waals surface area contributed by atoms with Crippen LogP contribution in [-0.4, -0.2) is 24.8 Å². The molecule has 3 nitrogen and oxygen atoms in total. The fraction of sp³-hybridized carbons (Fsp3) is 0.571. The lowest BCUT2D eigenvalue weighted by Crippen LogP contribution is -2.12. The molecular weight excluding hydrogens is 132 g/mol. The summed E-state index contributed by atoms with van der Waals surface area (Å²) >= 11 is 0. The molecule has 2 atom stereocenters. The average Bonchev–Trinajstić information content (AvgIpc) is 2.22. The molecule has 10 heavy (non-hydrogen) atoms. The molecule has 0 aliphatic carbocycles. The second-order valence-electron chi connectivity index (χ2n) is 2.49. The highest BCUT2D eigenvalue weighted by Gasteiger charge is 2.26. The summed E-state index contributed by atoms with van der Waals surface area (Å²) in [5.74, 6) is -0.156. The number of rotatable bonds is 0. The van der Waals surface area contributed by atoms with Crippen molar-refractivity contribution in [3.8, 4) is 0 Å². The molecule has 0 aromatic carbocycles. The Morgan fingerprint density at radius 1 is 1.40 bits per heavy atom. The summed E-state index contributed by atoms with van der Waals surface area (Å²) in [6.45, 7) is 0.381. The Hall–Kier alpha value is -0.830. The molecule has 0 aromatic heterocycles. The Balaban J connectivity index is 2.14. The lowest BCUT2D eigenvalue weighted by molar-refractivity contribution is -0.142. The number of carbonyl (C=O) groups is 1. The summed E-state index contributed by atoms with van der Waals surface area (Å²) in [7, 11) is 0. The van der Waals surface area contributed by atoms with Crippen molar-refractivity contribution in [2.45, 2.75) is 18.6 Å². The summed E-state index contributed by atoms with van der Waals surface area (Å²) in [6, 6.07) is 0. The summed E-state index contributed by atoms with van der Waals surface area (Å²) in [6.07, 6.45) is 4.21. The van der Waals surface area contributed by atoms with E-state index in [9.17, 15) is 4.79 Å². The molecule has 1 saturated heterocycles. The van der Waals surface area contributed by atoms with Gasteiger partial charge >= 0.3 is 5.97 Å². The van der Waals surface area contributed by atoms with Crippen molar-refractivity contribution < 1.29 is 14.3 Å². The van der Waals surface area contributed by atoms with Gasteiger partial charge in [-0.15, -0.1) is 0 Å². The summed E-state index contributed by atoms with van der Waals surface area (Å²) in [5, 5.41) is 0. The van der Waals surface area contributed by atoms with Gasteiger partial charge in [0.25, 0.3) is 0 Å². The minimum Gasteiger partial charge on any atom is -0.462 e. The van der Waals surface area contributed by atoms with Gasteiger partial charge < -0.3 is 9.47 Å². The van der Waals surface area contributed by atoms with Crippen LogP contribution < -0.4 is 0 Å². The van der Waals surface area contributed by atoms with Crippen molar-refractivity contribution in [1.82, 2.24) is 0 Å². The van der Waals surface area contributed by atoms with E-state index in [0.717, 1.165) is 0 Å². The van der Waals surface area contributed by atoms with E-state index in [2.05, 4.69) is 0 Å². The zero-order valence-electron chi connectivity index (χ0n) is 5.45. The minimum atomic E-state index is -0.156. The molecule has 1 fully saturated rings. The van der Waals surface area contributed by atoms with Gasteiger partial charge in [0.05, 0.1) is 12.5 Å². The van der Waals surface area contributed by atoms with Gasteiger partial charge in [-0.25, -0.2) is 0 Å². The first-order valence-corrected chi connectivity index (χ1v) is 3.34. The van der Waals surface area contributed by atoms with Gasteiger partial charge in [-0.05, 0) is 0 Å². The van der Waals surface area contributed by atoms with Gasteiger partial charge in [-0.2, -0.15) is 0 Å². The maximum atomic E-state index is 10.7.